The van der Waals surface area contributed by atoms with E-state index in [0.29, 0.717) is 17.6 Å². The summed E-state index contributed by atoms with van der Waals surface area (Å²) < 4.78 is 6.49. The molecule has 3 aliphatic rings. The number of phenols is 1. The number of aromatic hydroxyl groups is 1. The van der Waals surface area contributed by atoms with Gasteiger partial charge in [-0.1, -0.05) is 11.6 Å². The SMILES string of the molecule is CC(C)=CCc1c(O)c2c(c3c1CCC(C)(C)O3)C1CCC2C1. The monoisotopic (exact) mass is 312 g/mol. The van der Waals surface area contributed by atoms with Crippen LogP contribution in [0.15, 0.2) is 11.6 Å². The predicted molar refractivity (Wildman–Crippen MR) is 93.6 cm³/mol. The van der Waals surface area contributed by atoms with Crippen LogP contribution in [0.2, 0.25) is 0 Å². The summed E-state index contributed by atoms with van der Waals surface area (Å²) in [5.74, 6) is 2.89. The molecule has 0 amide bonds. The minimum absolute atomic E-state index is 0.0899. The van der Waals surface area contributed by atoms with E-state index in [1.54, 1.807) is 0 Å². The van der Waals surface area contributed by atoms with E-state index in [0.717, 1.165) is 30.6 Å². The Hall–Kier alpha value is -1.44. The van der Waals surface area contributed by atoms with Gasteiger partial charge in [-0.3, -0.25) is 0 Å². The molecule has 2 atom stereocenters. The van der Waals surface area contributed by atoms with Crippen LogP contribution in [0.5, 0.6) is 11.5 Å². The van der Waals surface area contributed by atoms with Gasteiger partial charge in [0.2, 0.25) is 0 Å². The quantitative estimate of drug-likeness (QED) is 0.744. The van der Waals surface area contributed by atoms with Crippen LogP contribution in [0.3, 0.4) is 0 Å². The highest BCUT2D eigenvalue weighted by Gasteiger charge is 2.45. The molecule has 2 aliphatic carbocycles. The van der Waals surface area contributed by atoms with Crippen LogP contribution in [0.4, 0.5) is 0 Å². The van der Waals surface area contributed by atoms with Gasteiger partial charge in [-0.25, -0.2) is 0 Å². The van der Waals surface area contributed by atoms with Gasteiger partial charge in [0.05, 0.1) is 0 Å². The van der Waals surface area contributed by atoms with E-state index in [-0.39, 0.29) is 5.60 Å². The smallest absolute Gasteiger partial charge is 0.127 e. The van der Waals surface area contributed by atoms with E-state index >= 15 is 0 Å². The maximum atomic E-state index is 11.0. The Labute approximate surface area is 139 Å². The molecule has 0 saturated heterocycles. The maximum Gasteiger partial charge on any atom is 0.127 e. The molecule has 124 valence electrons. The fourth-order valence-corrected chi connectivity index (χ4v) is 4.84. The first-order valence-electron chi connectivity index (χ1n) is 9.10. The van der Waals surface area contributed by atoms with Gasteiger partial charge in [0.15, 0.2) is 0 Å². The summed E-state index contributed by atoms with van der Waals surface area (Å²) in [5.41, 5.74) is 6.22. The second-order valence-electron chi connectivity index (χ2n) is 8.52. The van der Waals surface area contributed by atoms with Crippen molar-refractivity contribution in [2.24, 2.45) is 0 Å². The van der Waals surface area contributed by atoms with Gasteiger partial charge in [-0.15, -0.1) is 0 Å². The lowest BCUT2D eigenvalue weighted by atomic mass is 9.81. The van der Waals surface area contributed by atoms with Crippen LogP contribution in [0, 0.1) is 0 Å². The van der Waals surface area contributed by atoms with Crippen molar-refractivity contribution in [1.82, 2.24) is 0 Å². The summed E-state index contributed by atoms with van der Waals surface area (Å²) in [6.45, 7) is 8.63. The van der Waals surface area contributed by atoms with Crippen LogP contribution in [-0.2, 0) is 12.8 Å². The molecule has 1 aromatic rings. The van der Waals surface area contributed by atoms with E-state index in [1.165, 1.54) is 41.5 Å². The highest BCUT2D eigenvalue weighted by atomic mass is 16.5. The number of rotatable bonds is 2. The number of allylic oxidation sites excluding steroid dienone is 2. The predicted octanol–water partition coefficient (Wildman–Crippen LogP) is 5.37. The van der Waals surface area contributed by atoms with Crippen molar-refractivity contribution in [2.45, 2.75) is 83.7 Å². The fraction of sp³-hybridized carbons (Fsp3) is 0.619. The summed E-state index contributed by atoms with van der Waals surface area (Å²) in [5, 5.41) is 11.0. The van der Waals surface area contributed by atoms with Crippen molar-refractivity contribution < 1.29 is 9.84 Å². The zero-order chi connectivity index (χ0) is 16.4. The van der Waals surface area contributed by atoms with Crippen LogP contribution < -0.4 is 4.74 Å². The second-order valence-corrected chi connectivity index (χ2v) is 8.52. The molecule has 0 spiro atoms. The van der Waals surface area contributed by atoms with Gasteiger partial charge in [-0.2, -0.15) is 0 Å². The third-order valence-electron chi connectivity index (χ3n) is 6.03. The number of phenolic OH excluding ortho intramolecular Hbond substituents is 1. The van der Waals surface area contributed by atoms with Crippen LogP contribution in [-0.4, -0.2) is 10.7 Å². The molecule has 1 aromatic carbocycles. The Bertz CT molecular complexity index is 693. The Morgan fingerprint density at radius 2 is 1.91 bits per heavy atom. The third-order valence-corrected chi connectivity index (χ3v) is 6.03. The summed E-state index contributed by atoms with van der Waals surface area (Å²) in [7, 11) is 0. The number of hydrogen-bond acceptors (Lipinski definition) is 2. The Morgan fingerprint density at radius 3 is 2.61 bits per heavy atom. The molecule has 0 radical (unpaired) electrons. The lowest BCUT2D eigenvalue weighted by molar-refractivity contribution is 0.0822. The zero-order valence-corrected chi connectivity index (χ0v) is 14.8. The molecule has 4 rings (SSSR count). The van der Waals surface area contributed by atoms with Gasteiger partial charge in [0.1, 0.15) is 17.1 Å². The number of benzene rings is 1. The average Bonchev–Trinajstić information content (AvgIpc) is 3.07. The van der Waals surface area contributed by atoms with E-state index in [4.69, 9.17) is 4.74 Å². The molecule has 2 nitrogen and oxygen atoms in total. The molecule has 0 aromatic heterocycles. The molecule has 1 saturated carbocycles. The molecular weight excluding hydrogens is 284 g/mol. The van der Waals surface area contributed by atoms with Gasteiger partial charge in [0.25, 0.3) is 0 Å². The molecule has 2 heteroatoms. The molecule has 1 fully saturated rings. The van der Waals surface area contributed by atoms with Crippen LogP contribution >= 0.6 is 0 Å². The third kappa shape index (κ3) is 2.29. The van der Waals surface area contributed by atoms with Crippen LogP contribution in [0.25, 0.3) is 0 Å². The first-order chi connectivity index (χ1) is 10.9. The fourth-order valence-electron chi connectivity index (χ4n) is 4.84. The first kappa shape index (κ1) is 15.1. The maximum absolute atomic E-state index is 11.0. The van der Waals surface area contributed by atoms with Crippen molar-refractivity contribution in [3.63, 3.8) is 0 Å². The van der Waals surface area contributed by atoms with Gasteiger partial charge >= 0.3 is 0 Å². The minimum Gasteiger partial charge on any atom is -0.507 e. The lowest BCUT2D eigenvalue weighted by Crippen LogP contribution is -2.34. The van der Waals surface area contributed by atoms with E-state index < -0.39 is 0 Å². The largest absolute Gasteiger partial charge is 0.507 e. The standard InChI is InChI=1S/C21H28O2/c1-12(2)5-8-15-16-9-10-21(3,4)23-20(16)18-14-7-6-13(11-14)17(18)19(15)22/h5,13-14,22H,6-11H2,1-4H3. The summed E-state index contributed by atoms with van der Waals surface area (Å²) >= 11 is 0. The van der Waals surface area contributed by atoms with Crippen molar-refractivity contribution >= 4 is 0 Å². The first-order valence-corrected chi connectivity index (χ1v) is 9.10. The minimum atomic E-state index is -0.0899. The topological polar surface area (TPSA) is 29.5 Å². The average molecular weight is 312 g/mol. The van der Waals surface area contributed by atoms with Crippen molar-refractivity contribution in [3.8, 4) is 11.5 Å². The molecule has 1 N–H and O–H groups in total. The Morgan fingerprint density at radius 1 is 1.22 bits per heavy atom. The molecule has 23 heavy (non-hydrogen) atoms. The van der Waals surface area contributed by atoms with E-state index in [9.17, 15) is 5.11 Å². The van der Waals surface area contributed by atoms with Crippen molar-refractivity contribution in [3.05, 3.63) is 33.9 Å². The van der Waals surface area contributed by atoms with E-state index in [2.05, 4.69) is 33.8 Å². The molecule has 1 aliphatic heterocycles. The number of fused-ring (bicyclic) bond motifs is 7. The Kier molecular flexibility index (Phi) is 3.30. The van der Waals surface area contributed by atoms with Crippen LogP contribution in [0.1, 0.15) is 87.5 Å². The number of ether oxygens (including phenoxy) is 1. The van der Waals surface area contributed by atoms with Gasteiger partial charge in [-0.05, 0) is 78.1 Å². The normalized spacial score (nSPS) is 26.4. The molecular formula is C21H28O2. The molecule has 2 bridgehead atoms. The van der Waals surface area contributed by atoms with Gasteiger partial charge in [0, 0.05) is 22.3 Å². The second kappa shape index (κ2) is 5.03. The van der Waals surface area contributed by atoms with Crippen molar-refractivity contribution in [2.75, 3.05) is 0 Å². The molecule has 2 unspecified atom stereocenters. The highest BCUT2D eigenvalue weighted by molar-refractivity contribution is 5.65. The summed E-state index contributed by atoms with van der Waals surface area (Å²) in [6, 6.07) is 0. The highest BCUT2D eigenvalue weighted by Crippen LogP contribution is 2.61. The lowest BCUT2D eigenvalue weighted by Gasteiger charge is -2.37. The van der Waals surface area contributed by atoms with Crippen molar-refractivity contribution in [1.29, 1.82) is 0 Å². The zero-order valence-electron chi connectivity index (χ0n) is 14.8. The molecule has 1 heterocycles. The van der Waals surface area contributed by atoms with E-state index in [1.807, 2.05) is 0 Å². The number of hydrogen-bond donors (Lipinski definition) is 1. The summed E-state index contributed by atoms with van der Waals surface area (Å²) in [4.78, 5) is 0. The Balaban J connectivity index is 1.92. The summed E-state index contributed by atoms with van der Waals surface area (Å²) in [6.07, 6.45) is 8.81. The van der Waals surface area contributed by atoms with Gasteiger partial charge < -0.3 is 9.84 Å².